The monoisotopic (exact) mass is 583 g/mol. The number of methoxy groups -OCH3 is 1. The third-order valence-electron chi connectivity index (χ3n) is 6.79. The molecule has 3 aromatic carbocycles. The number of benzene rings is 3. The van der Waals surface area contributed by atoms with Crippen LogP contribution in [0.2, 0.25) is 10.0 Å². The van der Waals surface area contributed by atoms with E-state index in [0.717, 1.165) is 56.3 Å². The van der Waals surface area contributed by atoms with Gasteiger partial charge in [0.25, 0.3) is 11.8 Å². The Labute approximate surface area is 245 Å². The maximum absolute atomic E-state index is 13.4. The molecule has 0 radical (unpaired) electrons. The summed E-state index contributed by atoms with van der Waals surface area (Å²) in [5, 5.41) is 6.61. The summed E-state index contributed by atoms with van der Waals surface area (Å²) in [4.78, 5) is 32.9. The van der Waals surface area contributed by atoms with Crippen molar-refractivity contribution in [2.24, 2.45) is 0 Å². The van der Waals surface area contributed by atoms with E-state index in [1.54, 1.807) is 25.3 Å². The van der Waals surface area contributed by atoms with Crippen LogP contribution in [0.5, 0.6) is 5.75 Å². The molecule has 3 aromatic rings. The zero-order valence-electron chi connectivity index (χ0n) is 23.0. The molecule has 1 heterocycles. The van der Waals surface area contributed by atoms with Gasteiger partial charge in [0.1, 0.15) is 5.75 Å². The largest absolute Gasteiger partial charge is 0.495 e. The standard InChI is InChI=1S/C30H35Cl2N5O3/c1-35(2)14-6-13-33-30(39)23-20-22(34-29(38)21-9-11-24(31)25(32)19-21)10-12-26(23)36-15-17-37(18-16-36)27-7-4-5-8-28(27)40-3/h4-5,7-12,19-20H,6,13-18H2,1-3H3,(H,33,39)(H,34,38). The van der Waals surface area contributed by atoms with E-state index in [2.05, 4.69) is 31.4 Å². The molecule has 1 aliphatic rings. The van der Waals surface area contributed by atoms with E-state index in [-0.39, 0.29) is 11.8 Å². The zero-order valence-corrected chi connectivity index (χ0v) is 24.6. The van der Waals surface area contributed by atoms with Gasteiger partial charge >= 0.3 is 0 Å². The van der Waals surface area contributed by atoms with Crippen molar-refractivity contribution in [1.29, 1.82) is 0 Å². The van der Waals surface area contributed by atoms with Crippen molar-refractivity contribution >= 4 is 52.1 Å². The van der Waals surface area contributed by atoms with Crippen molar-refractivity contribution in [2.75, 3.05) is 75.6 Å². The smallest absolute Gasteiger partial charge is 0.255 e. The molecule has 2 N–H and O–H groups in total. The molecule has 0 aromatic heterocycles. The van der Waals surface area contributed by atoms with Gasteiger partial charge in [0.2, 0.25) is 0 Å². The molecule has 8 nitrogen and oxygen atoms in total. The summed E-state index contributed by atoms with van der Waals surface area (Å²) in [6.07, 6.45) is 0.833. The first-order valence-corrected chi connectivity index (χ1v) is 14.0. The van der Waals surface area contributed by atoms with Crippen molar-refractivity contribution in [3.8, 4) is 5.75 Å². The van der Waals surface area contributed by atoms with Gasteiger partial charge in [0, 0.05) is 49.7 Å². The average Bonchev–Trinajstić information content (AvgIpc) is 2.96. The number of halogens is 2. The number of carbonyl (C=O) groups is 2. The number of rotatable bonds is 10. The fourth-order valence-corrected chi connectivity index (χ4v) is 4.98. The van der Waals surface area contributed by atoms with E-state index >= 15 is 0 Å². The quantitative estimate of drug-likeness (QED) is 0.317. The number of nitrogens with one attached hydrogen (secondary N) is 2. The van der Waals surface area contributed by atoms with E-state index in [1.165, 1.54) is 6.07 Å². The van der Waals surface area contributed by atoms with E-state index in [9.17, 15) is 9.59 Å². The Kier molecular flexibility index (Phi) is 10.1. The molecule has 0 atom stereocenters. The van der Waals surface area contributed by atoms with Gasteiger partial charge in [-0.3, -0.25) is 9.59 Å². The number of hydrogen-bond donors (Lipinski definition) is 2. The molecule has 40 heavy (non-hydrogen) atoms. The van der Waals surface area contributed by atoms with Crippen LogP contribution < -0.4 is 25.2 Å². The Morgan fingerprint density at radius 1 is 0.875 bits per heavy atom. The van der Waals surface area contributed by atoms with E-state index in [4.69, 9.17) is 27.9 Å². The van der Waals surface area contributed by atoms with Gasteiger partial charge in [-0.15, -0.1) is 0 Å². The lowest BCUT2D eigenvalue weighted by molar-refractivity contribution is 0.0951. The summed E-state index contributed by atoms with van der Waals surface area (Å²) < 4.78 is 5.55. The lowest BCUT2D eigenvalue weighted by Gasteiger charge is -2.38. The maximum atomic E-state index is 13.4. The summed E-state index contributed by atoms with van der Waals surface area (Å²) in [6.45, 7) is 4.44. The number of ether oxygens (including phenoxy) is 1. The summed E-state index contributed by atoms with van der Waals surface area (Å²) in [6, 6.07) is 18.2. The minimum absolute atomic E-state index is 0.174. The minimum Gasteiger partial charge on any atom is -0.495 e. The van der Waals surface area contributed by atoms with Crippen LogP contribution >= 0.6 is 23.2 Å². The Hall–Kier alpha value is -3.46. The fraction of sp³-hybridized carbons (Fsp3) is 0.333. The highest BCUT2D eigenvalue weighted by atomic mass is 35.5. The van der Waals surface area contributed by atoms with Gasteiger partial charge in [-0.25, -0.2) is 0 Å². The summed E-state index contributed by atoms with van der Waals surface area (Å²) >= 11 is 12.1. The molecule has 1 aliphatic heterocycles. The molecule has 212 valence electrons. The van der Waals surface area contributed by atoms with Crippen LogP contribution in [-0.4, -0.2) is 77.2 Å². The van der Waals surface area contributed by atoms with Crippen molar-refractivity contribution < 1.29 is 14.3 Å². The molecule has 0 aliphatic carbocycles. The van der Waals surface area contributed by atoms with Crippen LogP contribution in [0.3, 0.4) is 0 Å². The molecule has 1 saturated heterocycles. The van der Waals surface area contributed by atoms with Crippen molar-refractivity contribution in [2.45, 2.75) is 6.42 Å². The Balaban J connectivity index is 1.53. The maximum Gasteiger partial charge on any atom is 0.255 e. The predicted molar refractivity (Wildman–Crippen MR) is 164 cm³/mol. The number of nitrogens with zero attached hydrogens (tertiary/aromatic N) is 3. The highest BCUT2D eigenvalue weighted by molar-refractivity contribution is 6.42. The second-order valence-electron chi connectivity index (χ2n) is 9.87. The number of anilines is 3. The number of para-hydroxylation sites is 2. The van der Waals surface area contributed by atoms with Crippen molar-refractivity contribution in [3.63, 3.8) is 0 Å². The first kappa shape index (κ1) is 29.5. The first-order valence-electron chi connectivity index (χ1n) is 13.2. The van der Waals surface area contributed by atoms with Crippen LogP contribution in [0.4, 0.5) is 17.1 Å². The van der Waals surface area contributed by atoms with Gasteiger partial charge in [-0.05, 0) is 75.6 Å². The number of hydrogen-bond acceptors (Lipinski definition) is 6. The Bertz CT molecular complexity index is 1340. The molecule has 0 saturated carbocycles. The molecule has 4 rings (SSSR count). The SMILES string of the molecule is COc1ccccc1N1CCN(c2ccc(NC(=O)c3ccc(Cl)c(Cl)c3)cc2C(=O)NCCCN(C)C)CC1. The van der Waals surface area contributed by atoms with Crippen LogP contribution in [0.1, 0.15) is 27.1 Å². The molecule has 0 bridgehead atoms. The van der Waals surface area contributed by atoms with Crippen LogP contribution in [-0.2, 0) is 0 Å². The topological polar surface area (TPSA) is 77.1 Å². The third kappa shape index (κ3) is 7.38. The lowest BCUT2D eigenvalue weighted by atomic mass is 10.1. The Morgan fingerprint density at radius 3 is 2.25 bits per heavy atom. The zero-order chi connectivity index (χ0) is 28.6. The molecular weight excluding hydrogens is 549 g/mol. The lowest BCUT2D eigenvalue weighted by Crippen LogP contribution is -2.47. The van der Waals surface area contributed by atoms with Crippen molar-refractivity contribution in [3.05, 3.63) is 81.8 Å². The highest BCUT2D eigenvalue weighted by Gasteiger charge is 2.24. The summed E-state index contributed by atoms with van der Waals surface area (Å²) in [7, 11) is 5.69. The average molecular weight is 585 g/mol. The summed E-state index contributed by atoms with van der Waals surface area (Å²) in [5.74, 6) is 0.330. The minimum atomic E-state index is -0.339. The molecule has 10 heteroatoms. The number of piperazine rings is 1. The number of amides is 2. The van der Waals surface area contributed by atoms with Crippen molar-refractivity contribution in [1.82, 2.24) is 10.2 Å². The molecule has 0 spiro atoms. The normalized spacial score (nSPS) is 13.3. The van der Waals surface area contributed by atoms with Gasteiger partial charge in [-0.2, -0.15) is 0 Å². The Morgan fingerprint density at radius 2 is 1.57 bits per heavy atom. The predicted octanol–water partition coefficient (Wildman–Crippen LogP) is 5.26. The molecule has 2 amide bonds. The van der Waals surface area contributed by atoms with Crippen LogP contribution in [0, 0.1) is 0 Å². The fourth-order valence-electron chi connectivity index (χ4n) is 4.68. The van der Waals surface area contributed by atoms with Gasteiger partial charge in [0.05, 0.1) is 28.4 Å². The van der Waals surface area contributed by atoms with Gasteiger partial charge < -0.3 is 30.1 Å². The van der Waals surface area contributed by atoms with E-state index in [0.29, 0.717) is 33.4 Å². The molecule has 0 unspecified atom stereocenters. The second kappa shape index (κ2) is 13.7. The molecule has 1 fully saturated rings. The highest BCUT2D eigenvalue weighted by Crippen LogP contribution is 2.31. The second-order valence-corrected chi connectivity index (χ2v) is 10.7. The van der Waals surface area contributed by atoms with Crippen LogP contribution in [0.25, 0.3) is 0 Å². The molecular formula is C30H35Cl2N5O3. The third-order valence-corrected chi connectivity index (χ3v) is 7.53. The van der Waals surface area contributed by atoms with Gasteiger partial charge in [0.15, 0.2) is 0 Å². The number of carbonyl (C=O) groups excluding carboxylic acids is 2. The first-order chi connectivity index (χ1) is 19.3. The van der Waals surface area contributed by atoms with E-state index in [1.807, 2.05) is 44.4 Å². The van der Waals surface area contributed by atoms with Crippen LogP contribution in [0.15, 0.2) is 60.7 Å². The summed E-state index contributed by atoms with van der Waals surface area (Å²) in [5.41, 5.74) is 3.30. The van der Waals surface area contributed by atoms with Gasteiger partial charge in [-0.1, -0.05) is 35.3 Å². The van der Waals surface area contributed by atoms with E-state index < -0.39 is 0 Å².